The maximum atomic E-state index is 5.22. The number of nitrogens with zero attached hydrogens (tertiary/aromatic N) is 1. The highest BCUT2D eigenvalue weighted by Gasteiger charge is 2.09. The molecular weight excluding hydrogens is 260 g/mol. The van der Waals surface area contributed by atoms with E-state index in [1.807, 2.05) is 0 Å². The number of methoxy groups -OCH3 is 1. The largest absolute Gasteiger partial charge is 0.384 e. The second kappa shape index (κ2) is 7.99. The quantitative estimate of drug-likeness (QED) is 0.789. The lowest BCUT2D eigenvalue weighted by Crippen LogP contribution is -2.04. The van der Waals surface area contributed by atoms with Gasteiger partial charge >= 0.3 is 0 Å². The summed E-state index contributed by atoms with van der Waals surface area (Å²) in [5.74, 6) is 0. The monoisotopic (exact) mass is 286 g/mol. The van der Waals surface area contributed by atoms with Crippen LogP contribution in [0.2, 0.25) is 0 Å². The van der Waals surface area contributed by atoms with Crippen molar-refractivity contribution in [2.45, 2.75) is 39.5 Å². The lowest BCUT2D eigenvalue weighted by atomic mass is 10.0. The molecule has 21 heavy (non-hydrogen) atoms. The second-order valence-corrected chi connectivity index (χ2v) is 5.39. The molecule has 0 radical (unpaired) electrons. The molecule has 0 bridgehead atoms. The number of ether oxygens (including phenoxy) is 1. The van der Waals surface area contributed by atoms with Gasteiger partial charge in [0.1, 0.15) is 0 Å². The van der Waals surface area contributed by atoms with Crippen molar-refractivity contribution in [2.75, 3.05) is 25.6 Å². The van der Waals surface area contributed by atoms with Crippen molar-refractivity contribution in [1.82, 2.24) is 4.98 Å². The van der Waals surface area contributed by atoms with Crippen LogP contribution in [-0.2, 0) is 17.6 Å². The molecule has 0 amide bonds. The summed E-state index contributed by atoms with van der Waals surface area (Å²) in [6.07, 6.45) is 4.17. The van der Waals surface area contributed by atoms with Crippen molar-refractivity contribution in [1.29, 1.82) is 0 Å². The molecule has 0 unspecified atom stereocenters. The van der Waals surface area contributed by atoms with Crippen molar-refractivity contribution in [3.63, 3.8) is 0 Å². The smallest absolute Gasteiger partial charge is 0.0758 e. The fourth-order valence-electron chi connectivity index (χ4n) is 2.56. The van der Waals surface area contributed by atoms with E-state index in [4.69, 9.17) is 9.72 Å². The fourth-order valence-corrected chi connectivity index (χ4v) is 2.56. The zero-order valence-electron chi connectivity index (χ0n) is 13.4. The maximum Gasteiger partial charge on any atom is 0.0758 e. The van der Waals surface area contributed by atoms with Gasteiger partial charge in [-0.2, -0.15) is 0 Å². The highest BCUT2D eigenvalue weighted by atomic mass is 16.5. The third kappa shape index (κ3) is 3.94. The average Bonchev–Trinajstić information content (AvgIpc) is 2.51. The Labute approximate surface area is 127 Å². The lowest BCUT2D eigenvalue weighted by molar-refractivity contribution is 0.202. The van der Waals surface area contributed by atoms with E-state index in [1.165, 1.54) is 22.3 Å². The van der Waals surface area contributed by atoms with Crippen LogP contribution in [0.5, 0.6) is 0 Å². The van der Waals surface area contributed by atoms with E-state index in [0.29, 0.717) is 0 Å². The highest BCUT2D eigenvalue weighted by Crippen LogP contribution is 2.27. The summed E-state index contributed by atoms with van der Waals surface area (Å²) in [6.45, 7) is 6.11. The van der Waals surface area contributed by atoms with E-state index in [0.717, 1.165) is 44.4 Å². The minimum Gasteiger partial charge on any atom is -0.384 e. The number of nitrogens with one attached hydrogen (secondary N) is 1. The normalized spacial score (nSPS) is 11.0. The number of benzene rings is 1. The molecule has 0 aliphatic rings. The molecule has 0 atom stereocenters. The number of hydrogen-bond acceptors (Lipinski definition) is 3. The molecule has 1 N–H and O–H groups in total. The van der Waals surface area contributed by atoms with Crippen LogP contribution >= 0.6 is 0 Å². The van der Waals surface area contributed by atoms with E-state index >= 15 is 0 Å². The van der Waals surface area contributed by atoms with Crippen molar-refractivity contribution in [2.24, 2.45) is 0 Å². The van der Waals surface area contributed by atoms with Gasteiger partial charge in [-0.3, -0.25) is 4.98 Å². The number of aryl methyl sites for hydroxylation is 1. The minimum absolute atomic E-state index is 0.733. The van der Waals surface area contributed by atoms with Crippen molar-refractivity contribution in [3.05, 3.63) is 35.5 Å². The number of hydrogen-bond donors (Lipinski definition) is 1. The Hall–Kier alpha value is -1.61. The Morgan fingerprint density at radius 3 is 2.71 bits per heavy atom. The first kappa shape index (κ1) is 15.8. The molecule has 0 saturated heterocycles. The first-order valence-electron chi connectivity index (χ1n) is 7.94. The van der Waals surface area contributed by atoms with Gasteiger partial charge in [-0.05, 0) is 30.9 Å². The van der Waals surface area contributed by atoms with E-state index < -0.39 is 0 Å². The van der Waals surface area contributed by atoms with Crippen LogP contribution in [0, 0.1) is 0 Å². The van der Waals surface area contributed by atoms with Crippen LogP contribution < -0.4 is 5.32 Å². The summed E-state index contributed by atoms with van der Waals surface area (Å²) in [5, 5.41) is 4.77. The number of anilines is 1. The van der Waals surface area contributed by atoms with Gasteiger partial charge in [-0.25, -0.2) is 0 Å². The predicted molar refractivity (Wildman–Crippen MR) is 90.1 cm³/mol. The van der Waals surface area contributed by atoms with Crippen LogP contribution in [0.25, 0.3) is 10.9 Å². The summed E-state index contributed by atoms with van der Waals surface area (Å²) < 4.78 is 5.22. The van der Waals surface area contributed by atoms with Gasteiger partial charge in [0, 0.05) is 30.4 Å². The Morgan fingerprint density at radius 1 is 1.14 bits per heavy atom. The summed E-state index contributed by atoms with van der Waals surface area (Å²) in [4.78, 5) is 4.89. The van der Waals surface area contributed by atoms with Crippen molar-refractivity contribution >= 4 is 16.6 Å². The lowest BCUT2D eigenvalue weighted by Gasteiger charge is -2.13. The molecule has 3 heteroatoms. The Kier molecular flexibility index (Phi) is 6.00. The van der Waals surface area contributed by atoms with Gasteiger partial charge in [0.05, 0.1) is 12.1 Å². The zero-order valence-corrected chi connectivity index (χ0v) is 13.4. The zero-order chi connectivity index (χ0) is 15.1. The number of para-hydroxylation sites is 1. The maximum absolute atomic E-state index is 5.22. The van der Waals surface area contributed by atoms with E-state index in [-0.39, 0.29) is 0 Å². The van der Waals surface area contributed by atoms with E-state index in [1.54, 1.807) is 7.11 Å². The first-order chi connectivity index (χ1) is 10.3. The van der Waals surface area contributed by atoms with Crippen molar-refractivity contribution in [3.8, 4) is 0 Å². The van der Waals surface area contributed by atoms with Crippen LogP contribution in [0.3, 0.4) is 0 Å². The molecule has 0 fully saturated rings. The molecule has 0 spiro atoms. The molecule has 3 nitrogen and oxygen atoms in total. The number of pyridine rings is 1. The Balaban J connectivity index is 2.48. The summed E-state index contributed by atoms with van der Waals surface area (Å²) in [5.41, 5.74) is 4.78. The van der Waals surface area contributed by atoms with Gasteiger partial charge in [0.2, 0.25) is 0 Å². The van der Waals surface area contributed by atoms with E-state index in [9.17, 15) is 0 Å². The first-order valence-corrected chi connectivity index (χ1v) is 7.94. The summed E-state index contributed by atoms with van der Waals surface area (Å²) >= 11 is 0. The molecule has 1 heterocycles. The molecule has 0 aliphatic heterocycles. The second-order valence-electron chi connectivity index (χ2n) is 5.39. The molecule has 2 rings (SSSR count). The summed E-state index contributed by atoms with van der Waals surface area (Å²) in [6, 6.07) is 8.65. The molecule has 1 aromatic carbocycles. The number of rotatable bonds is 8. The SMILES string of the molecule is CCCNc1cc(CCC)nc2c(CCOC)cccc12. The third-order valence-electron chi connectivity index (χ3n) is 3.62. The fraction of sp³-hybridized carbons (Fsp3) is 0.500. The van der Waals surface area contributed by atoms with Gasteiger partial charge in [0.25, 0.3) is 0 Å². The predicted octanol–water partition coefficient (Wildman–Crippen LogP) is 4.20. The van der Waals surface area contributed by atoms with Gasteiger partial charge < -0.3 is 10.1 Å². The molecule has 1 aromatic heterocycles. The van der Waals surface area contributed by atoms with Gasteiger partial charge in [0.15, 0.2) is 0 Å². The van der Waals surface area contributed by atoms with Gasteiger partial charge in [-0.15, -0.1) is 0 Å². The molecular formula is C18H26N2O. The van der Waals surface area contributed by atoms with Crippen LogP contribution in [0.4, 0.5) is 5.69 Å². The highest BCUT2D eigenvalue weighted by molar-refractivity contribution is 5.93. The molecule has 114 valence electrons. The standard InChI is InChI=1S/C18H26N2O/c1-4-7-15-13-17(19-11-5-2)16-9-6-8-14(10-12-21-3)18(16)20-15/h6,8-9,13H,4-5,7,10-12H2,1-3H3,(H,19,20). The van der Waals surface area contributed by atoms with Gasteiger partial charge in [-0.1, -0.05) is 38.5 Å². The van der Waals surface area contributed by atoms with Crippen molar-refractivity contribution < 1.29 is 4.74 Å². The Bertz CT molecular complexity index is 581. The molecule has 2 aromatic rings. The molecule has 0 saturated carbocycles. The number of aromatic nitrogens is 1. The topological polar surface area (TPSA) is 34.2 Å². The van der Waals surface area contributed by atoms with Crippen LogP contribution in [-0.4, -0.2) is 25.2 Å². The molecule has 0 aliphatic carbocycles. The third-order valence-corrected chi connectivity index (χ3v) is 3.62. The summed E-state index contributed by atoms with van der Waals surface area (Å²) in [7, 11) is 1.75. The minimum atomic E-state index is 0.733. The number of fused-ring (bicyclic) bond motifs is 1. The van der Waals surface area contributed by atoms with Crippen LogP contribution in [0.1, 0.15) is 37.9 Å². The average molecular weight is 286 g/mol. The Morgan fingerprint density at radius 2 is 2.00 bits per heavy atom. The van der Waals surface area contributed by atoms with Crippen LogP contribution in [0.15, 0.2) is 24.3 Å². The van der Waals surface area contributed by atoms with E-state index in [2.05, 4.69) is 43.4 Å².